The highest BCUT2D eigenvalue weighted by molar-refractivity contribution is 7.09. The predicted molar refractivity (Wildman–Crippen MR) is 78.4 cm³/mol. The van der Waals surface area contributed by atoms with Crippen molar-refractivity contribution in [2.24, 2.45) is 0 Å². The molecule has 1 aromatic heterocycles. The summed E-state index contributed by atoms with van der Waals surface area (Å²) in [7, 11) is 0. The fourth-order valence-corrected chi connectivity index (χ4v) is 2.86. The third-order valence-electron chi connectivity index (χ3n) is 3.08. The molecule has 0 saturated carbocycles. The highest BCUT2D eigenvalue weighted by Crippen LogP contribution is 2.34. The lowest BCUT2D eigenvalue weighted by Crippen LogP contribution is -2.23. The van der Waals surface area contributed by atoms with Crippen LogP contribution in [-0.4, -0.2) is 19.8 Å². The molecule has 1 aliphatic rings. The molecule has 0 radical (unpaired) electrons. The van der Waals surface area contributed by atoms with Gasteiger partial charge < -0.3 is 14.4 Å². The van der Waals surface area contributed by atoms with Gasteiger partial charge >= 0.3 is 0 Å². The van der Waals surface area contributed by atoms with Crippen LogP contribution < -0.4 is 14.4 Å². The fraction of sp³-hybridized carbons (Fsp3) is 0.267. The summed E-state index contributed by atoms with van der Waals surface area (Å²) in [6, 6.07) is 12.1. The molecule has 0 aliphatic carbocycles. The Bertz CT molecular complexity index is 619. The van der Waals surface area contributed by atoms with E-state index in [0.29, 0.717) is 19.8 Å². The molecule has 5 heteroatoms. The molecule has 2 heterocycles. The third-order valence-corrected chi connectivity index (χ3v) is 3.94. The Kier molecular flexibility index (Phi) is 3.75. The molecule has 0 bridgehead atoms. The standard InChI is InChI=1S/C15H14N2O2S/c16-5-6-17(11-13-2-1-9-20-13)12-3-4-14-15(10-12)19-8-7-18-14/h1-4,9-10H,6-8,11H2. The number of thiophene rings is 1. The van der Waals surface area contributed by atoms with E-state index < -0.39 is 0 Å². The van der Waals surface area contributed by atoms with Gasteiger partial charge in [-0.05, 0) is 23.6 Å². The summed E-state index contributed by atoms with van der Waals surface area (Å²) in [5.41, 5.74) is 0.976. The molecule has 102 valence electrons. The number of benzene rings is 1. The van der Waals surface area contributed by atoms with E-state index >= 15 is 0 Å². The molecule has 0 atom stereocenters. The Morgan fingerprint density at radius 2 is 2.05 bits per heavy atom. The summed E-state index contributed by atoms with van der Waals surface area (Å²) in [5, 5.41) is 11.1. The number of hydrogen-bond acceptors (Lipinski definition) is 5. The third kappa shape index (κ3) is 2.70. The van der Waals surface area contributed by atoms with Gasteiger partial charge in [-0.2, -0.15) is 5.26 Å². The molecule has 0 N–H and O–H groups in total. The summed E-state index contributed by atoms with van der Waals surface area (Å²) in [6.45, 7) is 2.23. The van der Waals surface area contributed by atoms with Crippen molar-refractivity contribution >= 4 is 17.0 Å². The van der Waals surface area contributed by atoms with Gasteiger partial charge in [0.15, 0.2) is 11.5 Å². The maximum Gasteiger partial charge on any atom is 0.163 e. The molecular formula is C15H14N2O2S. The Balaban J connectivity index is 1.85. The number of hydrogen-bond donors (Lipinski definition) is 0. The van der Waals surface area contributed by atoms with Gasteiger partial charge in [-0.3, -0.25) is 0 Å². The van der Waals surface area contributed by atoms with Gasteiger partial charge in [-0.15, -0.1) is 11.3 Å². The molecule has 3 rings (SSSR count). The van der Waals surface area contributed by atoms with E-state index in [1.54, 1.807) is 11.3 Å². The van der Waals surface area contributed by atoms with Crippen molar-refractivity contribution in [2.45, 2.75) is 6.54 Å². The zero-order valence-electron chi connectivity index (χ0n) is 10.9. The first kappa shape index (κ1) is 12.8. The smallest absolute Gasteiger partial charge is 0.163 e. The van der Waals surface area contributed by atoms with Crippen molar-refractivity contribution in [1.29, 1.82) is 5.26 Å². The molecule has 1 aliphatic heterocycles. The van der Waals surface area contributed by atoms with Gasteiger partial charge in [0, 0.05) is 16.6 Å². The molecule has 0 amide bonds. The molecule has 0 fully saturated rings. The number of ether oxygens (including phenoxy) is 2. The highest BCUT2D eigenvalue weighted by atomic mass is 32.1. The van der Waals surface area contributed by atoms with E-state index in [0.717, 1.165) is 23.7 Å². The Morgan fingerprint density at radius 1 is 1.20 bits per heavy atom. The van der Waals surface area contributed by atoms with Crippen LogP contribution in [0.25, 0.3) is 0 Å². The van der Waals surface area contributed by atoms with Crippen molar-refractivity contribution in [3.8, 4) is 17.6 Å². The van der Waals surface area contributed by atoms with Gasteiger partial charge in [0.1, 0.15) is 19.8 Å². The van der Waals surface area contributed by atoms with Crippen LogP contribution in [0.15, 0.2) is 35.7 Å². The van der Waals surface area contributed by atoms with E-state index in [1.165, 1.54) is 4.88 Å². The van der Waals surface area contributed by atoms with Crippen LogP contribution >= 0.6 is 11.3 Å². The number of nitrogens with zero attached hydrogens (tertiary/aromatic N) is 2. The fourth-order valence-electron chi connectivity index (χ4n) is 2.14. The maximum absolute atomic E-state index is 9.02. The molecule has 20 heavy (non-hydrogen) atoms. The molecule has 0 spiro atoms. The minimum Gasteiger partial charge on any atom is -0.486 e. The summed E-state index contributed by atoms with van der Waals surface area (Å²) < 4.78 is 11.1. The lowest BCUT2D eigenvalue weighted by Gasteiger charge is -2.24. The van der Waals surface area contributed by atoms with Crippen LogP contribution in [0.5, 0.6) is 11.5 Å². The SMILES string of the molecule is N#CCN(Cc1cccs1)c1ccc2c(c1)OCCO2. The number of anilines is 1. The molecule has 0 saturated heterocycles. The highest BCUT2D eigenvalue weighted by Gasteiger charge is 2.15. The van der Waals surface area contributed by atoms with Crippen molar-refractivity contribution in [3.63, 3.8) is 0 Å². The minimum absolute atomic E-state index is 0.345. The van der Waals surface area contributed by atoms with Crippen molar-refractivity contribution in [3.05, 3.63) is 40.6 Å². The number of fused-ring (bicyclic) bond motifs is 1. The van der Waals surface area contributed by atoms with Crippen molar-refractivity contribution < 1.29 is 9.47 Å². The van der Waals surface area contributed by atoms with Crippen molar-refractivity contribution in [2.75, 3.05) is 24.7 Å². The van der Waals surface area contributed by atoms with Gasteiger partial charge in [0.05, 0.1) is 12.6 Å². The largest absolute Gasteiger partial charge is 0.486 e. The minimum atomic E-state index is 0.345. The van der Waals surface area contributed by atoms with Crippen LogP contribution in [0.3, 0.4) is 0 Å². The number of rotatable bonds is 4. The van der Waals surface area contributed by atoms with Crippen LogP contribution in [0, 0.1) is 11.3 Å². The zero-order valence-corrected chi connectivity index (χ0v) is 11.7. The van der Waals surface area contributed by atoms with E-state index in [2.05, 4.69) is 12.1 Å². The Morgan fingerprint density at radius 3 is 2.80 bits per heavy atom. The van der Waals surface area contributed by atoms with Crippen LogP contribution in [0.1, 0.15) is 4.88 Å². The van der Waals surface area contributed by atoms with Gasteiger partial charge in [0.25, 0.3) is 0 Å². The quantitative estimate of drug-likeness (QED) is 0.810. The Hall–Kier alpha value is -2.19. The second-order valence-corrected chi connectivity index (χ2v) is 5.45. The van der Waals surface area contributed by atoms with Crippen LogP contribution in [-0.2, 0) is 6.54 Å². The van der Waals surface area contributed by atoms with Gasteiger partial charge in [-0.25, -0.2) is 0 Å². The molecule has 0 unspecified atom stereocenters. The lowest BCUT2D eigenvalue weighted by atomic mass is 10.2. The average Bonchev–Trinajstić information content (AvgIpc) is 2.99. The molecule has 2 aromatic rings. The van der Waals surface area contributed by atoms with E-state index in [9.17, 15) is 0 Å². The predicted octanol–water partition coefficient (Wildman–Crippen LogP) is 3.05. The first-order valence-electron chi connectivity index (χ1n) is 6.41. The second kappa shape index (κ2) is 5.85. The lowest BCUT2D eigenvalue weighted by molar-refractivity contribution is 0.171. The van der Waals surface area contributed by atoms with Gasteiger partial charge in [0.2, 0.25) is 0 Å². The van der Waals surface area contributed by atoms with E-state index in [-0.39, 0.29) is 0 Å². The van der Waals surface area contributed by atoms with Gasteiger partial charge in [-0.1, -0.05) is 6.07 Å². The summed E-state index contributed by atoms with van der Waals surface area (Å²) in [5.74, 6) is 1.52. The average molecular weight is 286 g/mol. The zero-order chi connectivity index (χ0) is 13.8. The number of nitriles is 1. The molecular weight excluding hydrogens is 272 g/mol. The normalized spacial score (nSPS) is 12.8. The van der Waals surface area contributed by atoms with E-state index in [4.69, 9.17) is 14.7 Å². The second-order valence-electron chi connectivity index (χ2n) is 4.42. The topological polar surface area (TPSA) is 45.5 Å². The first-order chi connectivity index (χ1) is 9.86. The first-order valence-corrected chi connectivity index (χ1v) is 7.29. The Labute approximate surface area is 121 Å². The monoisotopic (exact) mass is 286 g/mol. The van der Waals surface area contributed by atoms with Crippen LogP contribution in [0.2, 0.25) is 0 Å². The van der Waals surface area contributed by atoms with E-state index in [1.807, 2.05) is 34.5 Å². The molecule has 1 aromatic carbocycles. The van der Waals surface area contributed by atoms with Crippen molar-refractivity contribution in [1.82, 2.24) is 0 Å². The summed E-state index contributed by atoms with van der Waals surface area (Å²) in [6.07, 6.45) is 0. The molecule has 4 nitrogen and oxygen atoms in total. The summed E-state index contributed by atoms with van der Waals surface area (Å²) >= 11 is 1.69. The van der Waals surface area contributed by atoms with Crippen LogP contribution in [0.4, 0.5) is 5.69 Å². The summed E-state index contributed by atoms with van der Waals surface area (Å²) in [4.78, 5) is 3.26. The maximum atomic E-state index is 9.02.